The van der Waals surface area contributed by atoms with Crippen LogP contribution in [0.1, 0.15) is 17.5 Å². The zero-order valence-electron chi connectivity index (χ0n) is 14.0. The minimum atomic E-state index is 0.193. The van der Waals surface area contributed by atoms with Gasteiger partial charge in [-0.25, -0.2) is 0 Å². The van der Waals surface area contributed by atoms with E-state index in [-0.39, 0.29) is 5.91 Å². The van der Waals surface area contributed by atoms with Crippen LogP contribution in [0.2, 0.25) is 0 Å². The molecule has 0 bridgehead atoms. The summed E-state index contributed by atoms with van der Waals surface area (Å²) >= 11 is 0. The first kappa shape index (κ1) is 17.2. The molecular formula is C19H25N3O. The van der Waals surface area contributed by atoms with Gasteiger partial charge in [0, 0.05) is 45.5 Å². The zero-order valence-corrected chi connectivity index (χ0v) is 14.0. The maximum absolute atomic E-state index is 12.2. The quantitative estimate of drug-likeness (QED) is 0.752. The van der Waals surface area contributed by atoms with Crippen LogP contribution in [0.5, 0.6) is 0 Å². The van der Waals surface area contributed by atoms with Gasteiger partial charge in [-0.1, -0.05) is 30.3 Å². The number of pyridine rings is 1. The number of likely N-dealkylation sites (N-methyl/N-ethyl adjacent to an activating group) is 1. The van der Waals surface area contributed by atoms with Crippen LogP contribution >= 0.6 is 0 Å². The van der Waals surface area contributed by atoms with Crippen molar-refractivity contribution in [3.63, 3.8) is 0 Å². The molecule has 2 aromatic rings. The molecule has 0 atom stereocenters. The summed E-state index contributed by atoms with van der Waals surface area (Å²) in [5, 5.41) is 0. The monoisotopic (exact) mass is 311 g/mol. The molecule has 0 fully saturated rings. The highest BCUT2D eigenvalue weighted by Gasteiger charge is 2.10. The Labute approximate surface area is 138 Å². The van der Waals surface area contributed by atoms with Gasteiger partial charge in [0.1, 0.15) is 0 Å². The van der Waals surface area contributed by atoms with Crippen LogP contribution in [-0.4, -0.2) is 47.9 Å². The fraction of sp³-hybridized carbons (Fsp3) is 0.368. The molecule has 0 spiro atoms. The van der Waals surface area contributed by atoms with Crippen LogP contribution < -0.4 is 0 Å². The highest BCUT2D eigenvalue weighted by atomic mass is 16.2. The molecule has 1 aromatic heterocycles. The minimum absolute atomic E-state index is 0.193. The van der Waals surface area contributed by atoms with Gasteiger partial charge in [-0.05, 0) is 36.7 Å². The van der Waals surface area contributed by atoms with Crippen LogP contribution in [0.15, 0.2) is 54.9 Å². The summed E-state index contributed by atoms with van der Waals surface area (Å²) in [5.41, 5.74) is 2.48. The third kappa shape index (κ3) is 6.20. The molecule has 0 saturated carbocycles. The van der Waals surface area contributed by atoms with Gasteiger partial charge >= 0.3 is 0 Å². The Balaban J connectivity index is 1.69. The molecule has 0 aliphatic carbocycles. The van der Waals surface area contributed by atoms with Crippen LogP contribution in [0.4, 0.5) is 0 Å². The van der Waals surface area contributed by atoms with E-state index < -0.39 is 0 Å². The van der Waals surface area contributed by atoms with Crippen LogP contribution in [-0.2, 0) is 17.8 Å². The first-order chi connectivity index (χ1) is 11.1. The highest BCUT2D eigenvalue weighted by molar-refractivity contribution is 5.76. The van der Waals surface area contributed by atoms with Crippen molar-refractivity contribution in [3.8, 4) is 0 Å². The molecule has 4 nitrogen and oxygen atoms in total. The van der Waals surface area contributed by atoms with E-state index in [2.05, 4.69) is 29.1 Å². The van der Waals surface area contributed by atoms with Crippen LogP contribution in [0.25, 0.3) is 0 Å². The molecule has 0 aliphatic heterocycles. The van der Waals surface area contributed by atoms with Gasteiger partial charge in [-0.2, -0.15) is 0 Å². The molecule has 23 heavy (non-hydrogen) atoms. The Morgan fingerprint density at radius 3 is 2.35 bits per heavy atom. The average Bonchev–Trinajstić information content (AvgIpc) is 2.59. The normalized spacial score (nSPS) is 10.7. The third-order valence-electron chi connectivity index (χ3n) is 3.91. The molecule has 0 unspecified atom stereocenters. The molecule has 1 heterocycles. The molecule has 0 aliphatic rings. The van der Waals surface area contributed by atoms with Gasteiger partial charge in [0.25, 0.3) is 0 Å². The molecule has 1 aromatic carbocycles. The van der Waals surface area contributed by atoms with Crippen molar-refractivity contribution in [2.45, 2.75) is 19.4 Å². The second-order valence-corrected chi connectivity index (χ2v) is 5.89. The predicted octanol–water partition coefficient (Wildman–Crippen LogP) is 2.60. The summed E-state index contributed by atoms with van der Waals surface area (Å²) in [7, 11) is 3.93. The molecular weight excluding hydrogens is 286 g/mol. The SMILES string of the molecule is CN(CCC(=O)N(C)CCc1ccncc1)Cc1ccccc1. The number of hydrogen-bond acceptors (Lipinski definition) is 3. The Morgan fingerprint density at radius 1 is 0.957 bits per heavy atom. The van der Waals surface area contributed by atoms with Crippen molar-refractivity contribution in [1.82, 2.24) is 14.8 Å². The van der Waals surface area contributed by atoms with Gasteiger partial charge in [0.15, 0.2) is 0 Å². The predicted molar refractivity (Wildman–Crippen MR) is 93.0 cm³/mol. The standard InChI is InChI=1S/C19H25N3O/c1-21(16-18-6-4-3-5-7-18)14-11-19(23)22(2)15-10-17-8-12-20-13-9-17/h3-9,12-13H,10-11,14-16H2,1-2H3. The van der Waals surface area contributed by atoms with Gasteiger partial charge < -0.3 is 9.80 Å². The Kier molecular flexibility index (Phi) is 6.76. The number of benzene rings is 1. The molecule has 0 N–H and O–H groups in total. The fourth-order valence-electron chi connectivity index (χ4n) is 2.42. The van der Waals surface area contributed by atoms with Gasteiger partial charge in [-0.15, -0.1) is 0 Å². The number of amides is 1. The number of carbonyl (C=O) groups is 1. The maximum Gasteiger partial charge on any atom is 0.223 e. The molecule has 0 saturated heterocycles. The van der Waals surface area contributed by atoms with Crippen molar-refractivity contribution < 1.29 is 4.79 Å². The van der Waals surface area contributed by atoms with Crippen molar-refractivity contribution in [1.29, 1.82) is 0 Å². The van der Waals surface area contributed by atoms with Crippen molar-refractivity contribution in [2.24, 2.45) is 0 Å². The van der Waals surface area contributed by atoms with Crippen LogP contribution in [0.3, 0.4) is 0 Å². The lowest BCUT2D eigenvalue weighted by atomic mass is 10.2. The summed E-state index contributed by atoms with van der Waals surface area (Å²) in [4.78, 5) is 20.2. The topological polar surface area (TPSA) is 36.4 Å². The van der Waals surface area contributed by atoms with Crippen molar-refractivity contribution in [3.05, 3.63) is 66.0 Å². The first-order valence-corrected chi connectivity index (χ1v) is 8.00. The lowest BCUT2D eigenvalue weighted by Crippen LogP contribution is -2.32. The number of nitrogens with zero attached hydrogens (tertiary/aromatic N) is 3. The maximum atomic E-state index is 12.2. The largest absolute Gasteiger partial charge is 0.345 e. The summed E-state index contributed by atoms with van der Waals surface area (Å²) < 4.78 is 0. The molecule has 2 rings (SSSR count). The Hall–Kier alpha value is -2.20. The summed E-state index contributed by atoms with van der Waals surface area (Å²) in [6.07, 6.45) is 4.99. The molecule has 0 radical (unpaired) electrons. The third-order valence-corrected chi connectivity index (χ3v) is 3.91. The summed E-state index contributed by atoms with van der Waals surface area (Å²) in [6.45, 7) is 2.38. The fourth-order valence-corrected chi connectivity index (χ4v) is 2.42. The second-order valence-electron chi connectivity index (χ2n) is 5.89. The van der Waals surface area contributed by atoms with E-state index >= 15 is 0 Å². The minimum Gasteiger partial charge on any atom is -0.345 e. The van der Waals surface area contributed by atoms with E-state index in [0.29, 0.717) is 6.42 Å². The lowest BCUT2D eigenvalue weighted by Gasteiger charge is -2.20. The van der Waals surface area contributed by atoms with E-state index in [1.54, 1.807) is 12.4 Å². The van der Waals surface area contributed by atoms with E-state index in [1.807, 2.05) is 42.3 Å². The van der Waals surface area contributed by atoms with E-state index in [4.69, 9.17) is 0 Å². The number of carbonyl (C=O) groups excluding carboxylic acids is 1. The van der Waals surface area contributed by atoms with Gasteiger partial charge in [-0.3, -0.25) is 9.78 Å². The Morgan fingerprint density at radius 2 is 1.65 bits per heavy atom. The van der Waals surface area contributed by atoms with Gasteiger partial charge in [0.2, 0.25) is 5.91 Å². The van der Waals surface area contributed by atoms with Gasteiger partial charge in [0.05, 0.1) is 0 Å². The summed E-state index contributed by atoms with van der Waals surface area (Å²) in [5.74, 6) is 0.193. The number of aromatic nitrogens is 1. The van der Waals surface area contributed by atoms with Crippen molar-refractivity contribution in [2.75, 3.05) is 27.2 Å². The van der Waals surface area contributed by atoms with E-state index in [1.165, 1.54) is 11.1 Å². The average molecular weight is 311 g/mol. The Bertz CT molecular complexity index is 586. The number of rotatable bonds is 8. The van der Waals surface area contributed by atoms with E-state index in [0.717, 1.165) is 26.1 Å². The first-order valence-electron chi connectivity index (χ1n) is 8.00. The van der Waals surface area contributed by atoms with Crippen molar-refractivity contribution >= 4 is 5.91 Å². The highest BCUT2D eigenvalue weighted by Crippen LogP contribution is 2.04. The number of hydrogen-bond donors (Lipinski definition) is 0. The second kappa shape index (κ2) is 9.06. The lowest BCUT2D eigenvalue weighted by molar-refractivity contribution is -0.130. The zero-order chi connectivity index (χ0) is 16.5. The smallest absolute Gasteiger partial charge is 0.223 e. The molecule has 122 valence electrons. The van der Waals surface area contributed by atoms with E-state index in [9.17, 15) is 4.79 Å². The molecule has 4 heteroatoms. The summed E-state index contributed by atoms with van der Waals surface area (Å²) in [6, 6.07) is 14.3. The molecule has 1 amide bonds. The van der Waals surface area contributed by atoms with Crippen LogP contribution in [0, 0.1) is 0 Å².